The van der Waals surface area contributed by atoms with Crippen LogP contribution in [0.25, 0.3) is 0 Å². The van der Waals surface area contributed by atoms with Crippen molar-refractivity contribution in [3.05, 3.63) is 59.9 Å². The second kappa shape index (κ2) is 9.71. The van der Waals surface area contributed by atoms with Crippen LogP contribution in [-0.4, -0.2) is 32.9 Å². The Hall–Kier alpha value is -2.94. The van der Waals surface area contributed by atoms with Gasteiger partial charge in [-0.1, -0.05) is 19.3 Å². The van der Waals surface area contributed by atoms with E-state index in [1.165, 1.54) is 30.7 Å². The highest BCUT2D eigenvalue weighted by molar-refractivity contribution is 7.92. The van der Waals surface area contributed by atoms with Gasteiger partial charge in [0.1, 0.15) is 5.82 Å². The number of halogens is 1. The van der Waals surface area contributed by atoms with E-state index >= 15 is 0 Å². The molecule has 2 aromatic rings. The van der Waals surface area contributed by atoms with Gasteiger partial charge in [0.25, 0.3) is 15.9 Å². The number of carbonyl (C=O) groups excluding carboxylic acids is 2. The highest BCUT2D eigenvalue weighted by Gasteiger charge is 2.18. The Kier molecular flexibility index (Phi) is 7.04. The van der Waals surface area contributed by atoms with Gasteiger partial charge in [-0.25, -0.2) is 17.6 Å². The lowest BCUT2D eigenvalue weighted by molar-refractivity contribution is -0.125. The summed E-state index contributed by atoms with van der Waals surface area (Å²) in [6.45, 7) is -0.367. The normalized spacial score (nSPS) is 14.7. The second-order valence-corrected chi connectivity index (χ2v) is 8.80. The number of sulfonamides is 1. The standard InChI is InChI=1S/C21H23FN2O5S/c22-16-8-12-19(13-9-16)30(27,28)24-18-10-6-15(7-11-18)21(26)29-14-20(25)23-17-4-2-1-3-5-17/h6-13,17,24H,1-5,14H2,(H,23,25). The lowest BCUT2D eigenvalue weighted by atomic mass is 9.95. The van der Waals surface area contributed by atoms with Crippen LogP contribution in [0.15, 0.2) is 53.4 Å². The molecule has 1 fully saturated rings. The van der Waals surface area contributed by atoms with Gasteiger partial charge in [-0.3, -0.25) is 9.52 Å². The maximum Gasteiger partial charge on any atom is 0.338 e. The number of anilines is 1. The molecule has 0 spiro atoms. The molecule has 2 N–H and O–H groups in total. The van der Waals surface area contributed by atoms with Crippen LogP contribution in [0.5, 0.6) is 0 Å². The van der Waals surface area contributed by atoms with Gasteiger partial charge in [0.2, 0.25) is 0 Å². The molecule has 0 aliphatic heterocycles. The first-order chi connectivity index (χ1) is 14.3. The van der Waals surface area contributed by atoms with E-state index in [4.69, 9.17) is 4.74 Å². The molecule has 0 bridgehead atoms. The van der Waals surface area contributed by atoms with Gasteiger partial charge < -0.3 is 10.1 Å². The molecule has 0 saturated heterocycles. The predicted octanol–water partition coefficient (Wildman–Crippen LogP) is 3.23. The number of nitrogens with one attached hydrogen (secondary N) is 2. The summed E-state index contributed by atoms with van der Waals surface area (Å²) >= 11 is 0. The molecular weight excluding hydrogens is 411 g/mol. The van der Waals surface area contributed by atoms with Crippen molar-refractivity contribution < 1.29 is 27.1 Å². The van der Waals surface area contributed by atoms with Gasteiger partial charge in [0.05, 0.1) is 10.5 Å². The van der Waals surface area contributed by atoms with Crippen LogP contribution in [0.4, 0.5) is 10.1 Å². The number of benzene rings is 2. The molecule has 1 saturated carbocycles. The maximum absolute atomic E-state index is 13.0. The van der Waals surface area contributed by atoms with E-state index in [-0.39, 0.29) is 34.7 Å². The molecule has 0 heterocycles. The number of hydrogen-bond donors (Lipinski definition) is 2. The summed E-state index contributed by atoms with van der Waals surface area (Å²) in [5.74, 6) is -1.55. The average Bonchev–Trinajstić information content (AvgIpc) is 2.73. The predicted molar refractivity (Wildman–Crippen MR) is 109 cm³/mol. The fraction of sp³-hybridized carbons (Fsp3) is 0.333. The summed E-state index contributed by atoms with van der Waals surface area (Å²) in [6, 6.07) is 10.1. The molecule has 30 heavy (non-hydrogen) atoms. The lowest BCUT2D eigenvalue weighted by Crippen LogP contribution is -2.38. The van der Waals surface area contributed by atoms with E-state index in [0.29, 0.717) is 0 Å². The molecule has 1 aliphatic rings. The summed E-state index contributed by atoms with van der Waals surface area (Å²) in [5.41, 5.74) is 0.413. The van der Waals surface area contributed by atoms with Crippen LogP contribution in [0.2, 0.25) is 0 Å². The molecule has 3 rings (SSSR count). The Labute approximate surface area is 174 Å². The smallest absolute Gasteiger partial charge is 0.338 e. The van der Waals surface area contributed by atoms with Gasteiger partial charge in [-0.2, -0.15) is 0 Å². The fourth-order valence-electron chi connectivity index (χ4n) is 3.23. The minimum Gasteiger partial charge on any atom is -0.452 e. The molecule has 0 unspecified atom stereocenters. The van der Waals surface area contributed by atoms with Crippen LogP contribution >= 0.6 is 0 Å². The van der Waals surface area contributed by atoms with Gasteiger partial charge in [0, 0.05) is 11.7 Å². The summed E-state index contributed by atoms with van der Waals surface area (Å²) < 4.78 is 45.0. The zero-order valence-corrected chi connectivity index (χ0v) is 17.1. The first-order valence-electron chi connectivity index (χ1n) is 9.68. The molecule has 7 nitrogen and oxygen atoms in total. The molecule has 160 valence electrons. The first-order valence-corrected chi connectivity index (χ1v) is 11.2. The van der Waals surface area contributed by atoms with Crippen LogP contribution in [-0.2, 0) is 19.6 Å². The third-order valence-electron chi connectivity index (χ3n) is 4.80. The molecule has 0 aromatic heterocycles. The van der Waals surface area contributed by atoms with Gasteiger partial charge in [0.15, 0.2) is 6.61 Å². The summed E-state index contributed by atoms with van der Waals surface area (Å²) in [7, 11) is -3.88. The van der Waals surface area contributed by atoms with Crippen molar-refractivity contribution in [2.24, 2.45) is 0 Å². The molecule has 1 aliphatic carbocycles. The van der Waals surface area contributed by atoms with E-state index in [2.05, 4.69) is 10.0 Å². The molecule has 0 atom stereocenters. The molecule has 2 aromatic carbocycles. The molecule has 9 heteroatoms. The zero-order chi connectivity index (χ0) is 21.6. The zero-order valence-electron chi connectivity index (χ0n) is 16.3. The quantitative estimate of drug-likeness (QED) is 0.652. The van der Waals surface area contributed by atoms with Gasteiger partial charge in [-0.05, 0) is 61.4 Å². The Morgan fingerprint density at radius 3 is 2.23 bits per heavy atom. The van der Waals surface area contributed by atoms with Crippen molar-refractivity contribution in [3.63, 3.8) is 0 Å². The van der Waals surface area contributed by atoms with E-state index in [9.17, 15) is 22.4 Å². The number of carbonyl (C=O) groups is 2. The van der Waals surface area contributed by atoms with Crippen LogP contribution in [0.3, 0.4) is 0 Å². The molecule has 0 radical (unpaired) electrons. The Morgan fingerprint density at radius 1 is 0.967 bits per heavy atom. The van der Waals surface area contributed by atoms with Crippen molar-refractivity contribution in [2.75, 3.05) is 11.3 Å². The first kappa shape index (κ1) is 21.8. The Balaban J connectivity index is 1.52. The van der Waals surface area contributed by atoms with Crippen molar-refractivity contribution in [3.8, 4) is 0 Å². The monoisotopic (exact) mass is 434 g/mol. The van der Waals surface area contributed by atoms with Crippen molar-refractivity contribution >= 4 is 27.6 Å². The highest BCUT2D eigenvalue weighted by Crippen LogP contribution is 2.18. The Bertz CT molecular complexity index is 985. The van der Waals surface area contributed by atoms with Crippen molar-refractivity contribution in [2.45, 2.75) is 43.0 Å². The largest absolute Gasteiger partial charge is 0.452 e. The lowest BCUT2D eigenvalue weighted by Gasteiger charge is -2.22. The number of ether oxygens (including phenoxy) is 1. The number of amides is 1. The maximum atomic E-state index is 13.0. The third-order valence-corrected chi connectivity index (χ3v) is 6.20. The number of hydrogen-bond acceptors (Lipinski definition) is 5. The summed E-state index contributed by atoms with van der Waals surface area (Å²) in [5, 5.41) is 2.86. The number of rotatable bonds is 7. The third kappa shape index (κ3) is 6.03. The van der Waals surface area contributed by atoms with Gasteiger partial charge in [-0.15, -0.1) is 0 Å². The van der Waals surface area contributed by atoms with Crippen molar-refractivity contribution in [1.82, 2.24) is 5.32 Å². The minimum absolute atomic E-state index is 0.0867. The van der Waals surface area contributed by atoms with Gasteiger partial charge >= 0.3 is 5.97 Å². The fourth-order valence-corrected chi connectivity index (χ4v) is 4.29. The second-order valence-electron chi connectivity index (χ2n) is 7.12. The topological polar surface area (TPSA) is 102 Å². The summed E-state index contributed by atoms with van der Waals surface area (Å²) in [6.07, 6.45) is 5.23. The van der Waals surface area contributed by atoms with Crippen molar-refractivity contribution in [1.29, 1.82) is 0 Å². The average molecular weight is 434 g/mol. The molecular formula is C21H23FN2O5S. The van der Waals surface area contributed by atoms with Crippen LogP contribution in [0.1, 0.15) is 42.5 Å². The van der Waals surface area contributed by atoms with Crippen LogP contribution < -0.4 is 10.0 Å². The van der Waals surface area contributed by atoms with E-state index in [1.807, 2.05) is 0 Å². The van der Waals surface area contributed by atoms with Crippen LogP contribution in [0, 0.1) is 5.82 Å². The SMILES string of the molecule is O=C(COC(=O)c1ccc(NS(=O)(=O)c2ccc(F)cc2)cc1)NC1CCCCC1. The summed E-state index contributed by atoms with van der Waals surface area (Å²) in [4.78, 5) is 24.0. The highest BCUT2D eigenvalue weighted by atomic mass is 32.2. The number of esters is 1. The van der Waals surface area contributed by atoms with E-state index < -0.39 is 21.8 Å². The van der Waals surface area contributed by atoms with E-state index in [1.54, 1.807) is 0 Å². The minimum atomic E-state index is -3.88. The molecule has 1 amide bonds. The van der Waals surface area contributed by atoms with E-state index in [0.717, 1.165) is 49.9 Å². The Morgan fingerprint density at radius 2 is 1.60 bits per heavy atom.